The number of morpholine rings is 1. The molecule has 1 aliphatic carbocycles. The van der Waals surface area contributed by atoms with E-state index >= 15 is 0 Å². The minimum atomic E-state index is -3.25. The van der Waals surface area contributed by atoms with Crippen molar-refractivity contribution in [2.45, 2.75) is 51.4 Å². The summed E-state index contributed by atoms with van der Waals surface area (Å²) in [5.41, 5.74) is 0. The summed E-state index contributed by atoms with van der Waals surface area (Å²) in [6.07, 6.45) is 5.50. The standard InChI is InChI=1S/C15H25N3O5S/c1-11-4-3-5-12(8-11)22-10-14-16-17-15(23-14)13-9-18(6-7-21-13)24(2,19)20/h11-13H,3-10H2,1-2H3/t11-,12+,13+/m1/s1. The molecule has 1 aromatic rings. The molecule has 0 amide bonds. The van der Waals surface area contributed by atoms with Crippen molar-refractivity contribution in [3.8, 4) is 0 Å². The molecule has 0 radical (unpaired) electrons. The van der Waals surface area contributed by atoms with E-state index in [0.29, 0.717) is 30.9 Å². The second kappa shape index (κ2) is 7.47. The first-order chi connectivity index (χ1) is 11.4. The molecule has 8 nitrogen and oxygen atoms in total. The first kappa shape index (κ1) is 17.8. The van der Waals surface area contributed by atoms with Gasteiger partial charge in [0.05, 0.1) is 19.0 Å². The van der Waals surface area contributed by atoms with E-state index in [1.54, 1.807) is 0 Å². The number of hydrogen-bond donors (Lipinski definition) is 0. The third-order valence-corrected chi connectivity index (χ3v) is 5.86. The van der Waals surface area contributed by atoms with Crippen LogP contribution < -0.4 is 0 Å². The molecule has 2 fully saturated rings. The van der Waals surface area contributed by atoms with Crippen LogP contribution in [0.5, 0.6) is 0 Å². The average molecular weight is 359 g/mol. The lowest BCUT2D eigenvalue weighted by Gasteiger charge is -2.29. The van der Waals surface area contributed by atoms with Gasteiger partial charge in [-0.05, 0) is 18.8 Å². The molecular weight excluding hydrogens is 334 g/mol. The number of nitrogens with zero attached hydrogens (tertiary/aromatic N) is 3. The maximum absolute atomic E-state index is 11.7. The molecule has 2 aliphatic rings. The molecule has 24 heavy (non-hydrogen) atoms. The highest BCUT2D eigenvalue weighted by Crippen LogP contribution is 2.27. The predicted molar refractivity (Wildman–Crippen MR) is 85.6 cm³/mol. The quantitative estimate of drug-likeness (QED) is 0.786. The SMILES string of the molecule is C[C@@H]1CCC[C@H](OCc2nnc([C@@H]3CN(S(C)(=O)=O)CCO3)o2)C1. The molecule has 0 aromatic carbocycles. The van der Waals surface area contributed by atoms with Gasteiger partial charge < -0.3 is 13.9 Å². The van der Waals surface area contributed by atoms with Gasteiger partial charge in [0.25, 0.3) is 0 Å². The minimum Gasteiger partial charge on any atom is -0.420 e. The van der Waals surface area contributed by atoms with Gasteiger partial charge in [0.2, 0.25) is 21.8 Å². The average Bonchev–Trinajstić information content (AvgIpc) is 3.01. The number of hydrogen-bond acceptors (Lipinski definition) is 7. The summed E-state index contributed by atoms with van der Waals surface area (Å²) in [6.45, 7) is 3.38. The van der Waals surface area contributed by atoms with Crippen molar-refractivity contribution < 1.29 is 22.3 Å². The molecule has 2 heterocycles. The van der Waals surface area contributed by atoms with E-state index in [1.165, 1.54) is 23.4 Å². The van der Waals surface area contributed by atoms with E-state index < -0.39 is 16.1 Å². The molecule has 1 saturated heterocycles. The monoisotopic (exact) mass is 359 g/mol. The van der Waals surface area contributed by atoms with Crippen LogP contribution in [0, 0.1) is 5.92 Å². The normalized spacial score (nSPS) is 29.7. The van der Waals surface area contributed by atoms with Crippen LogP contribution >= 0.6 is 0 Å². The van der Waals surface area contributed by atoms with Crippen molar-refractivity contribution in [2.75, 3.05) is 26.0 Å². The summed E-state index contributed by atoms with van der Waals surface area (Å²) in [6, 6.07) is 0. The zero-order valence-electron chi connectivity index (χ0n) is 14.2. The molecular formula is C15H25N3O5S. The molecule has 1 saturated carbocycles. The van der Waals surface area contributed by atoms with Crippen molar-refractivity contribution in [1.29, 1.82) is 0 Å². The van der Waals surface area contributed by atoms with Crippen molar-refractivity contribution in [2.24, 2.45) is 5.92 Å². The Labute approximate surface area is 142 Å². The first-order valence-electron chi connectivity index (χ1n) is 8.42. The third-order valence-electron chi connectivity index (χ3n) is 4.59. The highest BCUT2D eigenvalue weighted by molar-refractivity contribution is 7.88. The fourth-order valence-electron chi connectivity index (χ4n) is 3.25. The summed E-state index contributed by atoms with van der Waals surface area (Å²) < 4.78 is 41.7. The summed E-state index contributed by atoms with van der Waals surface area (Å²) >= 11 is 0. The van der Waals surface area contributed by atoms with Gasteiger partial charge >= 0.3 is 0 Å². The molecule has 3 atom stereocenters. The number of ether oxygens (including phenoxy) is 2. The van der Waals surface area contributed by atoms with Gasteiger partial charge in [-0.3, -0.25) is 0 Å². The lowest BCUT2D eigenvalue weighted by molar-refractivity contribution is -0.0233. The highest BCUT2D eigenvalue weighted by Gasteiger charge is 2.31. The molecule has 0 N–H and O–H groups in total. The van der Waals surface area contributed by atoms with Crippen molar-refractivity contribution in [3.63, 3.8) is 0 Å². The summed E-state index contributed by atoms with van der Waals surface area (Å²) in [5, 5.41) is 7.98. The van der Waals surface area contributed by atoms with Crippen LogP contribution in [0.25, 0.3) is 0 Å². The zero-order chi connectivity index (χ0) is 17.2. The number of sulfonamides is 1. The van der Waals surface area contributed by atoms with Crippen molar-refractivity contribution in [1.82, 2.24) is 14.5 Å². The Morgan fingerprint density at radius 3 is 2.92 bits per heavy atom. The molecule has 0 unspecified atom stereocenters. The molecule has 0 spiro atoms. The van der Waals surface area contributed by atoms with Crippen LogP contribution in [0.1, 0.15) is 50.5 Å². The Hall–Kier alpha value is -1.03. The van der Waals surface area contributed by atoms with Crippen LogP contribution in [-0.2, 0) is 26.1 Å². The molecule has 0 bridgehead atoms. The Morgan fingerprint density at radius 2 is 2.17 bits per heavy atom. The van der Waals surface area contributed by atoms with E-state index in [-0.39, 0.29) is 19.3 Å². The second-order valence-corrected chi connectivity index (χ2v) is 8.70. The topological polar surface area (TPSA) is 94.8 Å². The van der Waals surface area contributed by atoms with E-state index in [9.17, 15) is 8.42 Å². The first-order valence-corrected chi connectivity index (χ1v) is 10.3. The molecule has 136 valence electrons. The van der Waals surface area contributed by atoms with Crippen molar-refractivity contribution in [3.05, 3.63) is 11.8 Å². The van der Waals surface area contributed by atoms with Gasteiger partial charge in [0, 0.05) is 13.1 Å². The fraction of sp³-hybridized carbons (Fsp3) is 0.867. The predicted octanol–water partition coefficient (Wildman–Crippen LogP) is 1.50. The maximum Gasteiger partial charge on any atom is 0.246 e. The van der Waals surface area contributed by atoms with Gasteiger partial charge in [0.15, 0.2) is 0 Å². The molecule has 9 heteroatoms. The van der Waals surface area contributed by atoms with E-state index in [2.05, 4.69) is 17.1 Å². The fourth-order valence-corrected chi connectivity index (χ4v) is 4.06. The van der Waals surface area contributed by atoms with E-state index in [1.807, 2.05) is 0 Å². The molecule has 1 aromatic heterocycles. The van der Waals surface area contributed by atoms with Crippen LogP contribution in [0.15, 0.2) is 4.42 Å². The van der Waals surface area contributed by atoms with Gasteiger partial charge in [-0.25, -0.2) is 8.42 Å². The third kappa shape index (κ3) is 4.53. The lowest BCUT2D eigenvalue weighted by Crippen LogP contribution is -2.41. The Kier molecular flexibility index (Phi) is 5.53. The Bertz CT molecular complexity index is 647. The highest BCUT2D eigenvalue weighted by atomic mass is 32.2. The second-order valence-electron chi connectivity index (χ2n) is 6.72. The van der Waals surface area contributed by atoms with Crippen LogP contribution in [0.3, 0.4) is 0 Å². The van der Waals surface area contributed by atoms with Crippen molar-refractivity contribution >= 4 is 10.0 Å². The van der Waals surface area contributed by atoms with Gasteiger partial charge in [-0.15, -0.1) is 10.2 Å². The smallest absolute Gasteiger partial charge is 0.246 e. The van der Waals surface area contributed by atoms with Gasteiger partial charge in [-0.2, -0.15) is 4.31 Å². The number of aromatic nitrogens is 2. The van der Waals surface area contributed by atoms with E-state index in [0.717, 1.165) is 12.8 Å². The van der Waals surface area contributed by atoms with Crippen LogP contribution in [0.2, 0.25) is 0 Å². The maximum atomic E-state index is 11.7. The van der Waals surface area contributed by atoms with E-state index in [4.69, 9.17) is 13.9 Å². The molecule has 3 rings (SSSR count). The number of rotatable bonds is 5. The van der Waals surface area contributed by atoms with Crippen LogP contribution in [-0.4, -0.2) is 55.0 Å². The Balaban J connectivity index is 1.55. The summed E-state index contributed by atoms with van der Waals surface area (Å²) in [4.78, 5) is 0. The molecule has 1 aliphatic heterocycles. The Morgan fingerprint density at radius 1 is 1.33 bits per heavy atom. The van der Waals surface area contributed by atoms with Gasteiger partial charge in [-0.1, -0.05) is 19.8 Å². The lowest BCUT2D eigenvalue weighted by atomic mass is 9.89. The van der Waals surface area contributed by atoms with Gasteiger partial charge in [0.1, 0.15) is 12.7 Å². The van der Waals surface area contributed by atoms with Crippen LogP contribution in [0.4, 0.5) is 0 Å². The summed E-state index contributed by atoms with van der Waals surface area (Å²) in [7, 11) is -3.25. The largest absolute Gasteiger partial charge is 0.420 e. The minimum absolute atomic E-state index is 0.196. The summed E-state index contributed by atoms with van der Waals surface area (Å²) in [5.74, 6) is 1.40. The zero-order valence-corrected chi connectivity index (χ0v) is 15.0.